The molecular weight excluding hydrogens is 308 g/mol. The summed E-state index contributed by atoms with van der Waals surface area (Å²) >= 11 is 0. The van der Waals surface area contributed by atoms with Crippen molar-refractivity contribution < 1.29 is 8.42 Å². The summed E-state index contributed by atoms with van der Waals surface area (Å²) in [5.74, 6) is 0.406. The molecule has 0 unspecified atom stereocenters. The van der Waals surface area contributed by atoms with Crippen molar-refractivity contribution in [1.29, 1.82) is 0 Å². The zero-order valence-electron chi connectivity index (χ0n) is 14.6. The van der Waals surface area contributed by atoms with Crippen molar-refractivity contribution in [3.63, 3.8) is 0 Å². The molecule has 0 bridgehead atoms. The van der Waals surface area contributed by atoms with Crippen molar-refractivity contribution >= 4 is 10.0 Å². The van der Waals surface area contributed by atoms with Gasteiger partial charge in [0.25, 0.3) is 0 Å². The van der Waals surface area contributed by atoms with Crippen molar-refractivity contribution in [3.05, 3.63) is 29.8 Å². The molecule has 1 aromatic carbocycles. The van der Waals surface area contributed by atoms with Crippen LogP contribution < -0.4 is 4.72 Å². The van der Waals surface area contributed by atoms with Gasteiger partial charge in [0.2, 0.25) is 10.0 Å². The molecule has 130 valence electrons. The predicted octanol–water partition coefficient (Wildman–Crippen LogP) is 3.17. The van der Waals surface area contributed by atoms with Crippen LogP contribution in [0.5, 0.6) is 0 Å². The lowest BCUT2D eigenvalue weighted by molar-refractivity contribution is 0.189. The van der Waals surface area contributed by atoms with Crippen molar-refractivity contribution in [1.82, 2.24) is 9.62 Å². The molecule has 0 aromatic heterocycles. The molecule has 1 fully saturated rings. The smallest absolute Gasteiger partial charge is 0.240 e. The highest BCUT2D eigenvalue weighted by atomic mass is 32.2. The molecule has 0 heterocycles. The van der Waals surface area contributed by atoms with Crippen LogP contribution in [0.3, 0.4) is 0 Å². The van der Waals surface area contributed by atoms with Gasteiger partial charge < -0.3 is 4.90 Å². The first-order valence-corrected chi connectivity index (χ1v) is 10.3. The molecule has 0 aliphatic heterocycles. The third kappa shape index (κ3) is 5.03. The molecule has 0 amide bonds. The van der Waals surface area contributed by atoms with Crippen LogP contribution in [0, 0.1) is 12.8 Å². The van der Waals surface area contributed by atoms with Crippen molar-refractivity contribution in [2.75, 3.05) is 19.6 Å². The van der Waals surface area contributed by atoms with Crippen molar-refractivity contribution in [2.24, 2.45) is 5.92 Å². The van der Waals surface area contributed by atoms with E-state index in [0.717, 1.165) is 44.5 Å². The molecule has 23 heavy (non-hydrogen) atoms. The van der Waals surface area contributed by atoms with E-state index in [1.54, 1.807) is 12.1 Å². The topological polar surface area (TPSA) is 49.4 Å². The van der Waals surface area contributed by atoms with E-state index in [9.17, 15) is 8.42 Å². The van der Waals surface area contributed by atoms with E-state index >= 15 is 0 Å². The normalized spacial score (nSPS) is 22.4. The summed E-state index contributed by atoms with van der Waals surface area (Å²) in [6, 6.07) is 7.14. The van der Waals surface area contributed by atoms with Crippen LogP contribution in [-0.2, 0) is 10.0 Å². The van der Waals surface area contributed by atoms with Gasteiger partial charge in [-0.05, 0) is 50.9 Å². The second-order valence-electron chi connectivity index (χ2n) is 6.57. The van der Waals surface area contributed by atoms with Gasteiger partial charge in [-0.25, -0.2) is 13.1 Å². The number of rotatable bonds is 7. The Hall–Kier alpha value is -0.910. The summed E-state index contributed by atoms with van der Waals surface area (Å²) in [5.41, 5.74) is 1.07. The van der Waals surface area contributed by atoms with Crippen LogP contribution in [0.4, 0.5) is 0 Å². The fraction of sp³-hybridized carbons (Fsp3) is 0.667. The molecule has 0 spiro atoms. The maximum atomic E-state index is 12.7. The van der Waals surface area contributed by atoms with Gasteiger partial charge in [-0.2, -0.15) is 0 Å². The summed E-state index contributed by atoms with van der Waals surface area (Å²) in [6.45, 7) is 9.31. The van der Waals surface area contributed by atoms with E-state index in [-0.39, 0.29) is 6.04 Å². The Balaban J connectivity index is 2.09. The Morgan fingerprint density at radius 3 is 2.30 bits per heavy atom. The van der Waals surface area contributed by atoms with Crippen LogP contribution in [0.1, 0.15) is 45.1 Å². The number of aryl methyl sites for hydroxylation is 1. The van der Waals surface area contributed by atoms with Gasteiger partial charge in [0, 0.05) is 12.6 Å². The Morgan fingerprint density at radius 2 is 1.70 bits per heavy atom. The lowest BCUT2D eigenvalue weighted by atomic mass is 9.84. The number of nitrogens with zero attached hydrogens (tertiary/aromatic N) is 1. The minimum atomic E-state index is -3.43. The summed E-state index contributed by atoms with van der Waals surface area (Å²) < 4.78 is 28.3. The highest BCUT2D eigenvalue weighted by molar-refractivity contribution is 7.89. The van der Waals surface area contributed by atoms with Gasteiger partial charge in [0.1, 0.15) is 0 Å². The zero-order valence-corrected chi connectivity index (χ0v) is 15.4. The zero-order chi connectivity index (χ0) is 16.9. The standard InChI is InChI=1S/C18H30N2O2S/c1-4-20(5-2)14-16-8-6-7-9-18(16)19-23(21,22)17-12-10-15(3)11-13-17/h10-13,16,18-19H,4-9,14H2,1-3H3/t16-,18-/m0/s1. The molecule has 2 atom stereocenters. The first-order valence-electron chi connectivity index (χ1n) is 8.77. The molecule has 2 rings (SSSR count). The van der Waals surface area contributed by atoms with Crippen LogP contribution in [0.15, 0.2) is 29.2 Å². The van der Waals surface area contributed by atoms with Gasteiger partial charge in [-0.1, -0.05) is 44.4 Å². The van der Waals surface area contributed by atoms with Gasteiger partial charge in [0.05, 0.1) is 4.90 Å². The third-order valence-corrected chi connectivity index (χ3v) is 6.44. The van der Waals surface area contributed by atoms with E-state index in [0.29, 0.717) is 10.8 Å². The summed E-state index contributed by atoms with van der Waals surface area (Å²) in [6.07, 6.45) is 4.36. The van der Waals surface area contributed by atoms with E-state index in [1.165, 1.54) is 6.42 Å². The molecule has 5 heteroatoms. The van der Waals surface area contributed by atoms with E-state index in [1.807, 2.05) is 19.1 Å². The monoisotopic (exact) mass is 338 g/mol. The number of hydrogen-bond acceptors (Lipinski definition) is 3. The van der Waals surface area contributed by atoms with Crippen LogP contribution >= 0.6 is 0 Å². The van der Waals surface area contributed by atoms with E-state index < -0.39 is 10.0 Å². The maximum Gasteiger partial charge on any atom is 0.240 e. The molecule has 1 aromatic rings. The molecule has 0 radical (unpaired) electrons. The Bertz CT molecular complexity index is 580. The molecule has 1 aliphatic rings. The second-order valence-corrected chi connectivity index (χ2v) is 8.29. The maximum absolute atomic E-state index is 12.7. The number of benzene rings is 1. The number of nitrogens with one attached hydrogen (secondary N) is 1. The molecule has 4 nitrogen and oxygen atoms in total. The molecule has 0 saturated heterocycles. The van der Waals surface area contributed by atoms with Gasteiger partial charge >= 0.3 is 0 Å². The van der Waals surface area contributed by atoms with Crippen molar-refractivity contribution in [2.45, 2.75) is 57.4 Å². The fourth-order valence-electron chi connectivity index (χ4n) is 3.38. The van der Waals surface area contributed by atoms with Gasteiger partial charge in [-0.3, -0.25) is 0 Å². The minimum absolute atomic E-state index is 0.0515. The lowest BCUT2D eigenvalue weighted by Gasteiger charge is -2.35. The van der Waals surface area contributed by atoms with Crippen LogP contribution in [-0.4, -0.2) is 39.0 Å². The first-order chi connectivity index (χ1) is 11.0. The first kappa shape index (κ1) is 18.4. The quantitative estimate of drug-likeness (QED) is 0.831. The molecule has 1 aliphatic carbocycles. The van der Waals surface area contributed by atoms with E-state index in [2.05, 4.69) is 23.5 Å². The molecular formula is C18H30N2O2S. The average Bonchev–Trinajstić information content (AvgIpc) is 2.54. The Morgan fingerprint density at radius 1 is 1.09 bits per heavy atom. The van der Waals surface area contributed by atoms with E-state index in [4.69, 9.17) is 0 Å². The Kier molecular flexibility index (Phi) is 6.62. The number of sulfonamides is 1. The number of hydrogen-bond donors (Lipinski definition) is 1. The molecule has 1 saturated carbocycles. The largest absolute Gasteiger partial charge is 0.304 e. The summed E-state index contributed by atoms with van der Waals surface area (Å²) in [4.78, 5) is 2.76. The SMILES string of the molecule is CCN(CC)C[C@@H]1CCCC[C@@H]1NS(=O)(=O)c1ccc(C)cc1. The average molecular weight is 339 g/mol. The fourth-order valence-corrected chi connectivity index (χ4v) is 4.72. The highest BCUT2D eigenvalue weighted by Crippen LogP contribution is 2.27. The summed E-state index contributed by atoms with van der Waals surface area (Å²) in [5, 5.41) is 0. The van der Waals surface area contributed by atoms with Gasteiger partial charge in [-0.15, -0.1) is 0 Å². The van der Waals surface area contributed by atoms with Crippen LogP contribution in [0.25, 0.3) is 0 Å². The third-order valence-electron chi connectivity index (χ3n) is 4.93. The Labute approximate surface area is 141 Å². The second kappa shape index (κ2) is 8.27. The van der Waals surface area contributed by atoms with Crippen LogP contribution in [0.2, 0.25) is 0 Å². The minimum Gasteiger partial charge on any atom is -0.304 e. The summed E-state index contributed by atoms with van der Waals surface area (Å²) in [7, 11) is -3.43. The van der Waals surface area contributed by atoms with Crippen molar-refractivity contribution in [3.8, 4) is 0 Å². The lowest BCUT2D eigenvalue weighted by Crippen LogP contribution is -2.46. The van der Waals surface area contributed by atoms with Gasteiger partial charge in [0.15, 0.2) is 0 Å². The predicted molar refractivity (Wildman–Crippen MR) is 95.0 cm³/mol. The molecule has 1 N–H and O–H groups in total. The highest BCUT2D eigenvalue weighted by Gasteiger charge is 2.30.